The van der Waals surface area contributed by atoms with Crippen LogP contribution in [0.4, 0.5) is 0 Å². The topological polar surface area (TPSA) is 42.0 Å². The number of hydrogen-bond acceptors (Lipinski definition) is 3. The first-order valence-electron chi connectivity index (χ1n) is 5.39. The van der Waals surface area contributed by atoms with E-state index in [-0.39, 0.29) is 11.9 Å². The summed E-state index contributed by atoms with van der Waals surface area (Å²) < 4.78 is 0. The van der Waals surface area contributed by atoms with E-state index < -0.39 is 0 Å². The standard InChI is InChI=1S/C13H13N2OS/c1-9(2)14-12(16)11-8-17-13(15-11)10-6-4-3-5-7-10/h4-9H,1-2H3,(H,14,16). The van der Waals surface area contributed by atoms with E-state index in [1.807, 2.05) is 38.1 Å². The molecule has 1 radical (unpaired) electrons. The van der Waals surface area contributed by atoms with Crippen molar-refractivity contribution in [1.82, 2.24) is 10.3 Å². The average molecular weight is 245 g/mol. The third kappa shape index (κ3) is 2.91. The minimum atomic E-state index is -0.120. The van der Waals surface area contributed by atoms with E-state index in [1.54, 1.807) is 5.38 Å². The predicted octanol–water partition coefficient (Wildman–Crippen LogP) is 2.75. The molecule has 0 saturated carbocycles. The van der Waals surface area contributed by atoms with Crippen LogP contribution in [0.15, 0.2) is 29.6 Å². The molecule has 0 aliphatic heterocycles. The molecule has 0 aliphatic rings. The van der Waals surface area contributed by atoms with Gasteiger partial charge in [-0.1, -0.05) is 24.3 Å². The highest BCUT2D eigenvalue weighted by Crippen LogP contribution is 2.22. The summed E-state index contributed by atoms with van der Waals surface area (Å²) in [5.41, 5.74) is 1.49. The van der Waals surface area contributed by atoms with Gasteiger partial charge >= 0.3 is 0 Å². The summed E-state index contributed by atoms with van der Waals surface area (Å²) in [4.78, 5) is 16.1. The lowest BCUT2D eigenvalue weighted by atomic mass is 10.2. The Morgan fingerprint density at radius 1 is 1.41 bits per heavy atom. The lowest BCUT2D eigenvalue weighted by Gasteiger charge is -2.05. The van der Waals surface area contributed by atoms with E-state index in [0.29, 0.717) is 5.69 Å². The number of nitrogens with zero attached hydrogens (tertiary/aromatic N) is 1. The molecule has 0 bridgehead atoms. The van der Waals surface area contributed by atoms with Gasteiger partial charge in [0.25, 0.3) is 5.91 Å². The smallest absolute Gasteiger partial charge is 0.270 e. The monoisotopic (exact) mass is 245 g/mol. The molecule has 0 fully saturated rings. The van der Waals surface area contributed by atoms with Crippen molar-refractivity contribution in [3.63, 3.8) is 0 Å². The van der Waals surface area contributed by atoms with Gasteiger partial charge in [0.1, 0.15) is 10.7 Å². The Morgan fingerprint density at radius 3 is 2.76 bits per heavy atom. The molecule has 2 rings (SSSR count). The van der Waals surface area contributed by atoms with Crippen molar-refractivity contribution >= 4 is 17.2 Å². The van der Waals surface area contributed by atoms with Gasteiger partial charge in [-0.25, -0.2) is 4.98 Å². The number of amides is 1. The van der Waals surface area contributed by atoms with Crippen molar-refractivity contribution in [3.8, 4) is 10.6 Å². The average Bonchev–Trinajstić information content (AvgIpc) is 2.78. The van der Waals surface area contributed by atoms with Gasteiger partial charge in [0.2, 0.25) is 0 Å². The van der Waals surface area contributed by atoms with Crippen LogP contribution in [0.25, 0.3) is 10.6 Å². The Balaban J connectivity index is 2.19. The van der Waals surface area contributed by atoms with Crippen LogP contribution in [0.5, 0.6) is 0 Å². The van der Waals surface area contributed by atoms with Gasteiger partial charge in [-0.2, -0.15) is 0 Å². The fourth-order valence-electron chi connectivity index (χ4n) is 1.38. The summed E-state index contributed by atoms with van der Waals surface area (Å²) in [5.74, 6) is -0.120. The normalized spacial score (nSPS) is 10.5. The van der Waals surface area contributed by atoms with E-state index in [0.717, 1.165) is 10.6 Å². The second-order valence-electron chi connectivity index (χ2n) is 3.95. The van der Waals surface area contributed by atoms with E-state index in [1.165, 1.54) is 11.3 Å². The molecule has 3 nitrogen and oxygen atoms in total. The van der Waals surface area contributed by atoms with Crippen LogP contribution in [-0.2, 0) is 0 Å². The minimum absolute atomic E-state index is 0.120. The number of carbonyl (C=O) groups excluding carboxylic acids is 1. The maximum Gasteiger partial charge on any atom is 0.270 e. The zero-order valence-electron chi connectivity index (χ0n) is 9.73. The quantitative estimate of drug-likeness (QED) is 0.903. The Morgan fingerprint density at radius 2 is 2.12 bits per heavy atom. The van der Waals surface area contributed by atoms with Crippen LogP contribution in [0.3, 0.4) is 0 Å². The van der Waals surface area contributed by atoms with Gasteiger partial charge in [0, 0.05) is 17.0 Å². The molecule has 1 N–H and O–H groups in total. The summed E-state index contributed by atoms with van der Waals surface area (Å²) in [6.45, 7) is 3.86. The number of carbonyl (C=O) groups is 1. The molecule has 4 heteroatoms. The van der Waals surface area contributed by atoms with Crippen molar-refractivity contribution < 1.29 is 4.79 Å². The first-order chi connectivity index (χ1) is 8.16. The zero-order chi connectivity index (χ0) is 12.3. The van der Waals surface area contributed by atoms with Gasteiger partial charge in [-0.15, -0.1) is 11.3 Å². The molecule has 0 aliphatic carbocycles. The van der Waals surface area contributed by atoms with Crippen molar-refractivity contribution in [2.24, 2.45) is 0 Å². The molecule has 1 amide bonds. The second kappa shape index (κ2) is 5.10. The number of thiazole rings is 1. The molecule has 0 saturated heterocycles. The van der Waals surface area contributed by atoms with Gasteiger partial charge in [-0.05, 0) is 19.9 Å². The highest BCUT2D eigenvalue weighted by molar-refractivity contribution is 7.13. The molecule has 1 aromatic carbocycles. The van der Waals surface area contributed by atoms with Crippen LogP contribution < -0.4 is 5.32 Å². The van der Waals surface area contributed by atoms with Gasteiger partial charge in [0.15, 0.2) is 0 Å². The third-order valence-corrected chi connectivity index (χ3v) is 3.01. The van der Waals surface area contributed by atoms with Crippen molar-refractivity contribution in [1.29, 1.82) is 0 Å². The van der Waals surface area contributed by atoms with Crippen LogP contribution >= 0.6 is 11.3 Å². The molecule has 87 valence electrons. The molecule has 2 aromatic rings. The van der Waals surface area contributed by atoms with Crippen LogP contribution in [-0.4, -0.2) is 16.9 Å². The molecule has 0 unspecified atom stereocenters. The largest absolute Gasteiger partial charge is 0.349 e. The molecular weight excluding hydrogens is 232 g/mol. The number of hydrogen-bond donors (Lipinski definition) is 1. The molecule has 0 atom stereocenters. The van der Waals surface area contributed by atoms with Gasteiger partial charge in [-0.3, -0.25) is 4.79 Å². The van der Waals surface area contributed by atoms with Crippen LogP contribution in [0.1, 0.15) is 24.3 Å². The first-order valence-corrected chi connectivity index (χ1v) is 6.27. The number of aromatic nitrogens is 1. The summed E-state index contributed by atoms with van der Waals surface area (Å²) >= 11 is 1.47. The van der Waals surface area contributed by atoms with Gasteiger partial charge < -0.3 is 5.32 Å². The second-order valence-corrected chi connectivity index (χ2v) is 4.81. The Hall–Kier alpha value is -1.68. The molecular formula is C13H13N2OS. The molecule has 0 spiro atoms. The third-order valence-electron chi connectivity index (χ3n) is 2.12. The lowest BCUT2D eigenvalue weighted by molar-refractivity contribution is 0.0939. The summed E-state index contributed by atoms with van der Waals surface area (Å²) in [6, 6.07) is 10.6. The van der Waals surface area contributed by atoms with Crippen LogP contribution in [0.2, 0.25) is 0 Å². The highest BCUT2D eigenvalue weighted by atomic mass is 32.1. The summed E-state index contributed by atoms with van der Waals surface area (Å²) in [5, 5.41) is 5.46. The summed E-state index contributed by atoms with van der Waals surface area (Å²) in [7, 11) is 0. The molecule has 1 aromatic heterocycles. The van der Waals surface area contributed by atoms with E-state index in [9.17, 15) is 4.79 Å². The van der Waals surface area contributed by atoms with Gasteiger partial charge in [0.05, 0.1) is 0 Å². The Kier molecular flexibility index (Phi) is 3.54. The highest BCUT2D eigenvalue weighted by Gasteiger charge is 2.12. The van der Waals surface area contributed by atoms with Crippen molar-refractivity contribution in [2.45, 2.75) is 19.9 Å². The fourth-order valence-corrected chi connectivity index (χ4v) is 2.18. The predicted molar refractivity (Wildman–Crippen MR) is 69.0 cm³/mol. The fraction of sp³-hybridized carbons (Fsp3) is 0.231. The zero-order valence-corrected chi connectivity index (χ0v) is 10.5. The summed E-state index contributed by atoms with van der Waals surface area (Å²) in [6.07, 6.45) is 0. The Bertz CT molecular complexity index is 505. The van der Waals surface area contributed by atoms with E-state index in [4.69, 9.17) is 0 Å². The number of nitrogens with one attached hydrogen (secondary N) is 1. The molecule has 1 heterocycles. The molecule has 17 heavy (non-hydrogen) atoms. The number of rotatable bonds is 3. The van der Waals surface area contributed by atoms with E-state index in [2.05, 4.69) is 16.4 Å². The van der Waals surface area contributed by atoms with Crippen LogP contribution in [0, 0.1) is 6.07 Å². The van der Waals surface area contributed by atoms with Crippen molar-refractivity contribution in [3.05, 3.63) is 41.4 Å². The van der Waals surface area contributed by atoms with E-state index >= 15 is 0 Å². The maximum atomic E-state index is 11.7. The Labute approximate surface area is 105 Å². The lowest BCUT2D eigenvalue weighted by Crippen LogP contribution is -2.30. The minimum Gasteiger partial charge on any atom is -0.349 e. The maximum absolute atomic E-state index is 11.7. The SMILES string of the molecule is CC(C)NC(=O)c1csc(-c2cc[c]cc2)n1. The van der Waals surface area contributed by atoms with Crippen molar-refractivity contribution in [2.75, 3.05) is 0 Å². The first kappa shape index (κ1) is 11.8. The number of benzene rings is 1.